The summed E-state index contributed by atoms with van der Waals surface area (Å²) in [5, 5.41) is 2.68. The number of rotatable bonds is 5. The molecule has 1 heterocycles. The molecule has 1 fully saturated rings. The van der Waals surface area contributed by atoms with Crippen molar-refractivity contribution in [1.82, 2.24) is 10.2 Å². The van der Waals surface area contributed by atoms with E-state index < -0.39 is 5.91 Å². The van der Waals surface area contributed by atoms with Crippen molar-refractivity contribution in [2.75, 3.05) is 6.54 Å². The molecule has 2 unspecified atom stereocenters. The van der Waals surface area contributed by atoms with Crippen molar-refractivity contribution in [1.29, 1.82) is 0 Å². The van der Waals surface area contributed by atoms with E-state index in [1.54, 1.807) is 12.2 Å². The van der Waals surface area contributed by atoms with Crippen LogP contribution in [0.5, 0.6) is 0 Å². The molecule has 2 atom stereocenters. The Bertz CT molecular complexity index is 443. The largest absolute Gasteiger partial charge is 0.298 e. The van der Waals surface area contributed by atoms with E-state index in [4.69, 9.17) is 12.2 Å². The Hall–Kier alpha value is -1.49. The second-order valence-corrected chi connectivity index (χ2v) is 5.18. The summed E-state index contributed by atoms with van der Waals surface area (Å²) in [4.78, 5) is 25.5. The number of hydrogen-bond donors (Lipinski definition) is 1. The number of amides is 2. The third kappa shape index (κ3) is 3.50. The molecule has 5 heteroatoms. The predicted octanol–water partition coefficient (Wildman–Crippen LogP) is 2.02. The first-order chi connectivity index (χ1) is 8.92. The maximum absolute atomic E-state index is 12.2. The van der Waals surface area contributed by atoms with Crippen molar-refractivity contribution in [3.05, 3.63) is 24.3 Å². The summed E-state index contributed by atoms with van der Waals surface area (Å²) in [6, 6.07) is 0. The van der Waals surface area contributed by atoms with Gasteiger partial charge in [-0.2, -0.15) is 0 Å². The molecular weight excluding hydrogens is 260 g/mol. The molecule has 1 aliphatic heterocycles. The van der Waals surface area contributed by atoms with Crippen molar-refractivity contribution in [3.63, 3.8) is 0 Å². The van der Waals surface area contributed by atoms with E-state index in [1.807, 2.05) is 6.92 Å². The van der Waals surface area contributed by atoms with Crippen molar-refractivity contribution < 1.29 is 9.59 Å². The Morgan fingerprint density at radius 3 is 2.58 bits per heavy atom. The highest BCUT2D eigenvalue weighted by Gasteiger charge is 2.33. The van der Waals surface area contributed by atoms with Gasteiger partial charge >= 0.3 is 0 Å². The maximum Gasteiger partial charge on any atom is 0.265 e. The fourth-order valence-corrected chi connectivity index (χ4v) is 2.06. The van der Waals surface area contributed by atoms with Crippen LogP contribution in [0.15, 0.2) is 24.3 Å². The number of hydrogen-bond acceptors (Lipinski definition) is 3. The van der Waals surface area contributed by atoms with E-state index in [0.29, 0.717) is 12.5 Å². The standard InChI is InChI=1S/C14H20N2O2S/c1-5-7-16-13(18)11(12(17)15-14(16)19)8-10(4)9(3)6-2/h5,8-10H,1,6-7H2,2-4H3,(H,15,17,19)/b11-8+. The molecule has 0 radical (unpaired) electrons. The van der Waals surface area contributed by atoms with Gasteiger partial charge in [-0.15, -0.1) is 6.58 Å². The molecule has 4 nitrogen and oxygen atoms in total. The first-order valence-corrected chi connectivity index (χ1v) is 6.83. The van der Waals surface area contributed by atoms with Gasteiger partial charge in [0, 0.05) is 6.54 Å². The van der Waals surface area contributed by atoms with Gasteiger partial charge in [-0.1, -0.05) is 39.3 Å². The molecule has 19 heavy (non-hydrogen) atoms. The molecule has 104 valence electrons. The van der Waals surface area contributed by atoms with Crippen LogP contribution < -0.4 is 5.32 Å². The maximum atomic E-state index is 12.2. The fourth-order valence-electron chi connectivity index (χ4n) is 1.81. The van der Waals surface area contributed by atoms with Crippen molar-refractivity contribution >= 4 is 29.1 Å². The molecule has 0 aromatic carbocycles. The van der Waals surface area contributed by atoms with E-state index in [-0.39, 0.29) is 22.5 Å². The molecule has 0 aromatic rings. The molecule has 0 aromatic heterocycles. The molecular formula is C14H20N2O2S. The molecule has 0 spiro atoms. The summed E-state index contributed by atoms with van der Waals surface area (Å²) in [6.07, 6.45) is 4.32. The van der Waals surface area contributed by atoms with Gasteiger partial charge in [-0.3, -0.25) is 19.8 Å². The van der Waals surface area contributed by atoms with E-state index in [9.17, 15) is 9.59 Å². The van der Waals surface area contributed by atoms with Gasteiger partial charge < -0.3 is 0 Å². The number of carbonyl (C=O) groups excluding carboxylic acids is 2. The Labute approximate surface area is 119 Å². The van der Waals surface area contributed by atoms with Crippen LogP contribution in [0.4, 0.5) is 0 Å². The Balaban J connectivity index is 3.01. The summed E-state index contributed by atoms with van der Waals surface area (Å²) < 4.78 is 0. The Morgan fingerprint density at radius 2 is 2.05 bits per heavy atom. The zero-order valence-corrected chi connectivity index (χ0v) is 12.4. The van der Waals surface area contributed by atoms with E-state index in [1.165, 1.54) is 4.90 Å². The third-order valence-electron chi connectivity index (χ3n) is 3.47. The van der Waals surface area contributed by atoms with Gasteiger partial charge in [-0.25, -0.2) is 0 Å². The number of allylic oxidation sites excluding steroid dienone is 1. The topological polar surface area (TPSA) is 49.4 Å². The summed E-state index contributed by atoms with van der Waals surface area (Å²) in [6.45, 7) is 10.1. The van der Waals surface area contributed by atoms with E-state index in [0.717, 1.165) is 6.42 Å². The summed E-state index contributed by atoms with van der Waals surface area (Å²) >= 11 is 4.99. The van der Waals surface area contributed by atoms with Crippen molar-refractivity contribution in [2.24, 2.45) is 11.8 Å². The lowest BCUT2D eigenvalue weighted by Crippen LogP contribution is -2.54. The fraction of sp³-hybridized carbons (Fsp3) is 0.500. The number of carbonyl (C=O) groups is 2. The van der Waals surface area contributed by atoms with Crippen LogP contribution in [0, 0.1) is 11.8 Å². The zero-order valence-electron chi connectivity index (χ0n) is 11.6. The monoisotopic (exact) mass is 280 g/mol. The molecule has 0 bridgehead atoms. The minimum Gasteiger partial charge on any atom is -0.298 e. The normalized spacial score (nSPS) is 21.3. The molecule has 1 rings (SSSR count). The number of thiocarbonyl (C=S) groups is 1. The van der Waals surface area contributed by atoms with Crippen LogP contribution in [-0.2, 0) is 9.59 Å². The van der Waals surface area contributed by atoms with E-state index >= 15 is 0 Å². The highest BCUT2D eigenvalue weighted by atomic mass is 32.1. The molecule has 1 saturated heterocycles. The SMILES string of the molecule is C=CCN1C(=O)/C(=C/C(C)C(C)CC)C(=O)NC1=S. The van der Waals surface area contributed by atoms with Crippen LogP contribution in [-0.4, -0.2) is 28.4 Å². The van der Waals surface area contributed by atoms with Crippen LogP contribution in [0.1, 0.15) is 27.2 Å². The summed E-state index contributed by atoms with van der Waals surface area (Å²) in [7, 11) is 0. The van der Waals surface area contributed by atoms with Crippen LogP contribution in [0.2, 0.25) is 0 Å². The van der Waals surface area contributed by atoms with Crippen molar-refractivity contribution in [2.45, 2.75) is 27.2 Å². The quantitative estimate of drug-likeness (QED) is 0.363. The second kappa shape index (κ2) is 6.61. The lowest BCUT2D eigenvalue weighted by atomic mass is 9.91. The van der Waals surface area contributed by atoms with E-state index in [2.05, 4.69) is 25.7 Å². The molecule has 1 aliphatic rings. The van der Waals surface area contributed by atoms with Crippen molar-refractivity contribution in [3.8, 4) is 0 Å². The van der Waals surface area contributed by atoms with Gasteiger partial charge in [-0.05, 0) is 24.1 Å². The lowest BCUT2D eigenvalue weighted by molar-refractivity contribution is -0.128. The highest BCUT2D eigenvalue weighted by Crippen LogP contribution is 2.20. The smallest absolute Gasteiger partial charge is 0.265 e. The Kier molecular flexibility index (Phi) is 5.42. The average Bonchev–Trinajstić information content (AvgIpc) is 2.38. The first-order valence-electron chi connectivity index (χ1n) is 6.42. The van der Waals surface area contributed by atoms with Crippen LogP contribution in [0.25, 0.3) is 0 Å². The molecule has 0 saturated carbocycles. The number of nitrogens with zero attached hydrogens (tertiary/aromatic N) is 1. The molecule has 0 aliphatic carbocycles. The van der Waals surface area contributed by atoms with Gasteiger partial charge in [0.05, 0.1) is 0 Å². The minimum absolute atomic E-state index is 0.142. The predicted molar refractivity (Wildman–Crippen MR) is 79.4 cm³/mol. The number of nitrogens with one attached hydrogen (secondary N) is 1. The molecule has 2 amide bonds. The van der Waals surface area contributed by atoms with Crippen LogP contribution in [0.3, 0.4) is 0 Å². The minimum atomic E-state index is -0.412. The second-order valence-electron chi connectivity index (χ2n) is 4.79. The Morgan fingerprint density at radius 1 is 1.42 bits per heavy atom. The summed E-state index contributed by atoms with van der Waals surface area (Å²) in [5.74, 6) is -0.184. The van der Waals surface area contributed by atoms with Gasteiger partial charge in [0.25, 0.3) is 11.8 Å². The summed E-state index contributed by atoms with van der Waals surface area (Å²) in [5.41, 5.74) is 0.170. The highest BCUT2D eigenvalue weighted by molar-refractivity contribution is 7.80. The van der Waals surface area contributed by atoms with Gasteiger partial charge in [0.15, 0.2) is 5.11 Å². The lowest BCUT2D eigenvalue weighted by Gasteiger charge is -2.28. The average molecular weight is 280 g/mol. The van der Waals surface area contributed by atoms with Gasteiger partial charge in [0.1, 0.15) is 5.57 Å². The zero-order chi connectivity index (χ0) is 14.6. The third-order valence-corrected chi connectivity index (χ3v) is 3.79. The van der Waals surface area contributed by atoms with Crippen LogP contribution >= 0.6 is 12.2 Å². The van der Waals surface area contributed by atoms with Gasteiger partial charge in [0.2, 0.25) is 0 Å². The first kappa shape index (κ1) is 15.6. The molecule has 1 N–H and O–H groups in total.